The molecule has 6 nitrogen and oxygen atoms in total. The molecule has 0 aliphatic rings. The monoisotopic (exact) mass is 382 g/mol. The van der Waals surface area contributed by atoms with E-state index in [0.29, 0.717) is 31.2 Å². The lowest BCUT2D eigenvalue weighted by molar-refractivity contribution is -0.130. The van der Waals surface area contributed by atoms with Crippen molar-refractivity contribution in [2.24, 2.45) is 0 Å². The second-order valence-electron chi connectivity index (χ2n) is 4.46. The third-order valence-electron chi connectivity index (χ3n) is 2.78. The Morgan fingerprint density at radius 3 is 2.70 bits per heavy atom. The molecule has 23 heavy (non-hydrogen) atoms. The summed E-state index contributed by atoms with van der Waals surface area (Å²) in [6.07, 6.45) is 0.663. The minimum absolute atomic E-state index is 0.238. The molecule has 130 valence electrons. The maximum Gasteiger partial charge on any atom is 0.357 e. The van der Waals surface area contributed by atoms with E-state index in [1.807, 2.05) is 6.92 Å². The number of esters is 1. The summed E-state index contributed by atoms with van der Waals surface area (Å²) in [5.74, 6) is -0.866. The van der Waals surface area contributed by atoms with Gasteiger partial charge in [0.2, 0.25) is 0 Å². The number of aromatic nitrogens is 1. The van der Waals surface area contributed by atoms with Crippen LogP contribution < -0.4 is 0 Å². The first-order valence-corrected chi connectivity index (χ1v) is 9.01. The SMILES string of the molecule is CCOCCCN(Cc1nc(C(=O)OCC)cs1)C(=O)C(Cl)Cl. The Hall–Kier alpha value is -0.890. The van der Waals surface area contributed by atoms with E-state index < -0.39 is 16.7 Å². The highest BCUT2D eigenvalue weighted by Gasteiger charge is 2.22. The van der Waals surface area contributed by atoms with E-state index in [0.717, 1.165) is 0 Å². The van der Waals surface area contributed by atoms with Gasteiger partial charge in [0.05, 0.1) is 13.2 Å². The number of carbonyl (C=O) groups is 2. The molecule has 0 fully saturated rings. The van der Waals surface area contributed by atoms with Crippen molar-refractivity contribution in [1.29, 1.82) is 0 Å². The van der Waals surface area contributed by atoms with Crippen LogP contribution >= 0.6 is 34.5 Å². The molecule has 0 saturated carbocycles. The van der Waals surface area contributed by atoms with E-state index in [-0.39, 0.29) is 18.8 Å². The van der Waals surface area contributed by atoms with E-state index >= 15 is 0 Å². The Labute approximate surface area is 149 Å². The molecule has 0 atom stereocenters. The first-order valence-electron chi connectivity index (χ1n) is 7.25. The molecule has 0 spiro atoms. The second kappa shape index (κ2) is 10.8. The van der Waals surface area contributed by atoms with Gasteiger partial charge < -0.3 is 14.4 Å². The van der Waals surface area contributed by atoms with Gasteiger partial charge in [-0.05, 0) is 20.3 Å². The van der Waals surface area contributed by atoms with Crippen LogP contribution in [0.3, 0.4) is 0 Å². The van der Waals surface area contributed by atoms with Gasteiger partial charge in [-0.3, -0.25) is 4.79 Å². The van der Waals surface area contributed by atoms with Crippen LogP contribution in [0.4, 0.5) is 0 Å². The molecule has 1 aromatic rings. The number of alkyl halides is 2. The summed E-state index contributed by atoms with van der Waals surface area (Å²) >= 11 is 12.6. The normalized spacial score (nSPS) is 10.8. The molecule has 0 N–H and O–H groups in total. The summed E-state index contributed by atoms with van der Waals surface area (Å²) in [7, 11) is 0. The Morgan fingerprint density at radius 1 is 1.35 bits per heavy atom. The van der Waals surface area contributed by atoms with E-state index in [4.69, 9.17) is 32.7 Å². The van der Waals surface area contributed by atoms with Gasteiger partial charge in [0.1, 0.15) is 5.01 Å². The standard InChI is InChI=1S/C14H20Cl2N2O4S/c1-3-21-7-5-6-18(13(19)12(15)16)8-11-17-10(9-23-11)14(20)22-4-2/h9,12H,3-8H2,1-2H3. The average molecular weight is 383 g/mol. The zero-order chi connectivity index (χ0) is 17.2. The molecule has 0 aliphatic heterocycles. The lowest BCUT2D eigenvalue weighted by Crippen LogP contribution is -2.35. The molecule has 1 heterocycles. The highest BCUT2D eigenvalue weighted by Crippen LogP contribution is 2.16. The van der Waals surface area contributed by atoms with Gasteiger partial charge in [-0.15, -0.1) is 11.3 Å². The fourth-order valence-corrected chi connectivity index (χ4v) is 2.81. The summed E-state index contributed by atoms with van der Waals surface area (Å²) in [5.41, 5.74) is 0.238. The van der Waals surface area contributed by atoms with Crippen molar-refractivity contribution in [3.63, 3.8) is 0 Å². The smallest absolute Gasteiger partial charge is 0.357 e. The Kier molecular flexibility index (Phi) is 9.47. The maximum atomic E-state index is 12.1. The average Bonchev–Trinajstić information content (AvgIpc) is 2.98. The van der Waals surface area contributed by atoms with Crippen molar-refractivity contribution < 1.29 is 19.1 Å². The maximum absolute atomic E-state index is 12.1. The molecule has 1 aromatic heterocycles. The van der Waals surface area contributed by atoms with Crippen molar-refractivity contribution in [2.75, 3.05) is 26.4 Å². The van der Waals surface area contributed by atoms with Gasteiger partial charge in [0.25, 0.3) is 5.91 Å². The molecule has 0 radical (unpaired) electrons. The summed E-state index contributed by atoms with van der Waals surface area (Å²) in [6.45, 7) is 5.77. The van der Waals surface area contributed by atoms with Crippen molar-refractivity contribution in [2.45, 2.75) is 31.6 Å². The van der Waals surface area contributed by atoms with Crippen molar-refractivity contribution >= 4 is 46.4 Å². The molecule has 9 heteroatoms. The van der Waals surface area contributed by atoms with Crippen LogP contribution in [0, 0.1) is 0 Å². The zero-order valence-corrected chi connectivity index (χ0v) is 15.4. The van der Waals surface area contributed by atoms with E-state index in [1.54, 1.807) is 12.3 Å². The van der Waals surface area contributed by atoms with Crippen molar-refractivity contribution in [3.05, 3.63) is 16.1 Å². The van der Waals surface area contributed by atoms with Gasteiger partial charge in [0, 0.05) is 25.1 Å². The summed E-state index contributed by atoms with van der Waals surface area (Å²) in [4.78, 5) is 28.2. The minimum atomic E-state index is -1.13. The minimum Gasteiger partial charge on any atom is -0.461 e. The van der Waals surface area contributed by atoms with Gasteiger partial charge in [-0.1, -0.05) is 23.2 Å². The number of hydrogen-bond acceptors (Lipinski definition) is 6. The van der Waals surface area contributed by atoms with Crippen molar-refractivity contribution in [3.8, 4) is 0 Å². The van der Waals surface area contributed by atoms with Crippen LogP contribution in [0.15, 0.2) is 5.38 Å². The molecule has 0 aliphatic carbocycles. The Balaban J connectivity index is 2.68. The number of rotatable bonds is 10. The highest BCUT2D eigenvalue weighted by atomic mass is 35.5. The number of thiazole rings is 1. The Bertz CT molecular complexity index is 511. The third kappa shape index (κ3) is 7.03. The number of nitrogens with zero attached hydrogens (tertiary/aromatic N) is 2. The molecule has 0 bridgehead atoms. The fraction of sp³-hybridized carbons (Fsp3) is 0.643. The first kappa shape index (κ1) is 20.2. The fourth-order valence-electron chi connectivity index (χ4n) is 1.75. The number of amides is 1. The molecule has 0 aromatic carbocycles. The number of ether oxygens (including phenoxy) is 2. The van der Waals surface area contributed by atoms with Gasteiger partial charge in [-0.25, -0.2) is 9.78 Å². The van der Waals surface area contributed by atoms with E-state index in [1.165, 1.54) is 16.2 Å². The van der Waals surface area contributed by atoms with Gasteiger partial charge in [0.15, 0.2) is 10.5 Å². The van der Waals surface area contributed by atoms with Crippen LogP contribution in [0.5, 0.6) is 0 Å². The van der Waals surface area contributed by atoms with E-state index in [9.17, 15) is 9.59 Å². The van der Waals surface area contributed by atoms with E-state index in [2.05, 4.69) is 4.98 Å². The number of hydrogen-bond donors (Lipinski definition) is 0. The largest absolute Gasteiger partial charge is 0.461 e. The number of carbonyl (C=O) groups excluding carboxylic acids is 2. The topological polar surface area (TPSA) is 68.7 Å². The quantitative estimate of drug-likeness (QED) is 0.353. The van der Waals surface area contributed by atoms with Crippen LogP contribution in [-0.2, 0) is 20.8 Å². The Morgan fingerprint density at radius 2 is 2.09 bits per heavy atom. The van der Waals surface area contributed by atoms with Crippen LogP contribution in [0.1, 0.15) is 35.8 Å². The van der Waals surface area contributed by atoms with Crippen LogP contribution in [0.25, 0.3) is 0 Å². The molecule has 1 rings (SSSR count). The van der Waals surface area contributed by atoms with Gasteiger partial charge in [-0.2, -0.15) is 0 Å². The third-order valence-corrected chi connectivity index (χ3v) is 3.99. The van der Waals surface area contributed by atoms with Gasteiger partial charge >= 0.3 is 5.97 Å². The summed E-state index contributed by atoms with van der Waals surface area (Å²) in [5, 5.41) is 2.22. The zero-order valence-electron chi connectivity index (χ0n) is 13.1. The molecular formula is C14H20Cl2N2O4S. The predicted molar refractivity (Wildman–Crippen MR) is 90.1 cm³/mol. The molecule has 1 amide bonds. The molecule has 0 saturated heterocycles. The summed E-state index contributed by atoms with van der Waals surface area (Å²) < 4.78 is 10.1. The lowest BCUT2D eigenvalue weighted by atomic mass is 10.3. The van der Waals surface area contributed by atoms with Crippen LogP contribution in [-0.4, -0.2) is 53.0 Å². The second-order valence-corrected chi connectivity index (χ2v) is 6.50. The van der Waals surface area contributed by atoms with Crippen molar-refractivity contribution in [1.82, 2.24) is 9.88 Å². The lowest BCUT2D eigenvalue weighted by Gasteiger charge is -2.22. The van der Waals surface area contributed by atoms with Crippen LogP contribution in [0.2, 0.25) is 0 Å². The number of halogens is 2. The predicted octanol–water partition coefficient (Wildman–Crippen LogP) is 2.88. The first-order chi connectivity index (χ1) is 11.0. The summed E-state index contributed by atoms with van der Waals surface area (Å²) in [6, 6.07) is 0. The molecule has 0 unspecified atom stereocenters. The molecular weight excluding hydrogens is 363 g/mol. The highest BCUT2D eigenvalue weighted by molar-refractivity contribution is 7.09.